The van der Waals surface area contributed by atoms with E-state index < -0.39 is 60.4 Å². The van der Waals surface area contributed by atoms with Crippen molar-refractivity contribution in [1.82, 2.24) is 16.0 Å². The first-order valence-corrected chi connectivity index (χ1v) is 12.4. The van der Waals surface area contributed by atoms with E-state index in [4.69, 9.17) is 16.6 Å². The molecule has 14 heteroatoms. The van der Waals surface area contributed by atoms with Gasteiger partial charge in [-0.3, -0.25) is 19.2 Å². The number of nitrogens with one attached hydrogen (secondary N) is 3. The molecule has 0 fully saturated rings. The number of carbonyl (C=O) groups excluding carboxylic acids is 4. The molecule has 10 N–H and O–H groups in total. The molecule has 13 nitrogen and oxygen atoms in total. The van der Waals surface area contributed by atoms with Gasteiger partial charge in [0.2, 0.25) is 23.6 Å². The number of aliphatic hydroxyl groups is 1. The van der Waals surface area contributed by atoms with Crippen LogP contribution in [0.1, 0.15) is 24.8 Å². The predicted octanol–water partition coefficient (Wildman–Crippen LogP) is -2.19. The number of phenolic OH excluding ortho intramolecular Hbond substituents is 1. The minimum Gasteiger partial charge on any atom is -0.508 e. The van der Waals surface area contributed by atoms with Crippen LogP contribution < -0.4 is 27.4 Å². The van der Waals surface area contributed by atoms with Gasteiger partial charge in [-0.05, 0) is 42.5 Å². The van der Waals surface area contributed by atoms with Gasteiger partial charge in [0.15, 0.2) is 0 Å². The normalized spacial score (nSPS) is 14.1. The second-order valence-corrected chi connectivity index (χ2v) is 8.95. The Morgan fingerprint density at radius 2 is 1.44 bits per heavy atom. The number of rotatable bonds is 16. The smallest absolute Gasteiger partial charge is 0.326 e. The lowest BCUT2D eigenvalue weighted by Crippen LogP contribution is -2.57. The van der Waals surface area contributed by atoms with Crippen LogP contribution in [0.2, 0.25) is 0 Å². The Hall–Kier alpha value is -3.36. The minimum atomic E-state index is -1.37. The molecule has 1 aromatic rings. The van der Waals surface area contributed by atoms with E-state index in [1.54, 1.807) is 6.26 Å². The molecule has 4 unspecified atom stereocenters. The number of benzene rings is 1. The predicted molar refractivity (Wildman–Crippen MR) is 132 cm³/mol. The van der Waals surface area contributed by atoms with Gasteiger partial charge in [-0.25, -0.2) is 4.79 Å². The van der Waals surface area contributed by atoms with E-state index >= 15 is 0 Å². The lowest BCUT2D eigenvalue weighted by molar-refractivity contribution is -0.142. The first-order chi connectivity index (χ1) is 17.0. The fourth-order valence-corrected chi connectivity index (χ4v) is 3.51. The molecule has 0 saturated heterocycles. The van der Waals surface area contributed by atoms with Crippen molar-refractivity contribution in [3.63, 3.8) is 0 Å². The van der Waals surface area contributed by atoms with E-state index in [9.17, 15) is 34.2 Å². The minimum absolute atomic E-state index is 0.00745. The number of aliphatic hydroxyl groups excluding tert-OH is 1. The van der Waals surface area contributed by atoms with E-state index in [-0.39, 0.29) is 31.4 Å². The largest absolute Gasteiger partial charge is 0.508 e. The highest BCUT2D eigenvalue weighted by Gasteiger charge is 2.30. The van der Waals surface area contributed by atoms with Gasteiger partial charge in [0, 0.05) is 12.8 Å². The van der Waals surface area contributed by atoms with E-state index in [1.807, 2.05) is 0 Å². The number of nitrogens with two attached hydrogens (primary N) is 2. The van der Waals surface area contributed by atoms with Crippen molar-refractivity contribution < 1.29 is 39.3 Å². The molecular weight excluding hydrogens is 494 g/mol. The zero-order valence-corrected chi connectivity index (χ0v) is 20.6. The maximum Gasteiger partial charge on any atom is 0.326 e. The first kappa shape index (κ1) is 30.7. The number of hydrogen-bond acceptors (Lipinski definition) is 9. The van der Waals surface area contributed by atoms with Crippen LogP contribution >= 0.6 is 11.8 Å². The zero-order valence-electron chi connectivity index (χ0n) is 19.8. The monoisotopic (exact) mass is 527 g/mol. The van der Waals surface area contributed by atoms with Crippen LogP contribution in [-0.2, 0) is 30.4 Å². The van der Waals surface area contributed by atoms with Crippen LogP contribution in [0.25, 0.3) is 0 Å². The molecule has 0 aliphatic rings. The van der Waals surface area contributed by atoms with Crippen LogP contribution in [-0.4, -0.2) is 87.7 Å². The van der Waals surface area contributed by atoms with Crippen LogP contribution in [0.4, 0.5) is 0 Å². The summed E-state index contributed by atoms with van der Waals surface area (Å²) in [7, 11) is 0. The number of phenols is 1. The summed E-state index contributed by atoms with van der Waals surface area (Å²) in [5.41, 5.74) is 11.2. The molecule has 1 aromatic carbocycles. The Morgan fingerprint density at radius 1 is 0.917 bits per heavy atom. The topological polar surface area (TPSA) is 234 Å². The number of hydrogen-bond donors (Lipinski definition) is 8. The molecule has 0 aliphatic carbocycles. The third kappa shape index (κ3) is 10.9. The number of amides is 4. The van der Waals surface area contributed by atoms with Gasteiger partial charge in [-0.2, -0.15) is 11.8 Å². The second-order valence-electron chi connectivity index (χ2n) is 7.97. The molecule has 0 radical (unpaired) electrons. The Balaban J connectivity index is 3.02. The summed E-state index contributed by atoms with van der Waals surface area (Å²) in [6, 6.07) is 0.699. The summed E-state index contributed by atoms with van der Waals surface area (Å²) in [4.78, 5) is 61.0. The highest BCUT2D eigenvalue weighted by atomic mass is 32.2. The quantitative estimate of drug-likeness (QED) is 0.116. The lowest BCUT2D eigenvalue weighted by Gasteiger charge is -2.25. The summed E-state index contributed by atoms with van der Waals surface area (Å²) in [5, 5.41) is 35.3. The molecule has 0 bridgehead atoms. The highest BCUT2D eigenvalue weighted by molar-refractivity contribution is 7.98. The second kappa shape index (κ2) is 15.6. The molecule has 0 heterocycles. The molecule has 1 rings (SSSR count). The zero-order chi connectivity index (χ0) is 27.3. The lowest BCUT2D eigenvalue weighted by atomic mass is 10.0. The molecule has 36 heavy (non-hydrogen) atoms. The summed E-state index contributed by atoms with van der Waals surface area (Å²) >= 11 is 1.41. The molecule has 4 amide bonds. The van der Waals surface area contributed by atoms with Gasteiger partial charge < -0.3 is 42.7 Å². The molecule has 200 valence electrons. The standard InChI is InChI=1S/C22H33N5O8S/c1-36-9-8-16(25-19(31)14(23)11-28)21(33)26-15(6-7-18(24)30)20(32)27-17(22(34)35)10-12-2-4-13(29)5-3-12/h2-5,14-17,28-29H,6-11,23H2,1H3,(H2,24,30)(H,25,31)(H,26,33)(H,27,32)(H,34,35). The maximum absolute atomic E-state index is 12.9. The van der Waals surface area contributed by atoms with E-state index in [2.05, 4.69) is 16.0 Å². The first-order valence-electron chi connectivity index (χ1n) is 11.0. The molecule has 4 atom stereocenters. The number of aliphatic carboxylic acids is 1. The summed E-state index contributed by atoms with van der Waals surface area (Å²) in [5.74, 6) is -3.99. The van der Waals surface area contributed by atoms with Gasteiger partial charge in [0.1, 0.15) is 29.9 Å². The number of carboxylic acid groups (broad SMARTS) is 1. The van der Waals surface area contributed by atoms with Crippen molar-refractivity contribution in [2.24, 2.45) is 11.5 Å². The Morgan fingerprint density at radius 3 is 1.94 bits per heavy atom. The number of aromatic hydroxyl groups is 1. The van der Waals surface area contributed by atoms with Gasteiger partial charge in [-0.15, -0.1) is 0 Å². The van der Waals surface area contributed by atoms with Crippen molar-refractivity contribution in [3.05, 3.63) is 29.8 Å². The van der Waals surface area contributed by atoms with Crippen LogP contribution in [0.5, 0.6) is 5.75 Å². The fraction of sp³-hybridized carbons (Fsp3) is 0.500. The van der Waals surface area contributed by atoms with Gasteiger partial charge in [0.05, 0.1) is 6.61 Å². The average Bonchev–Trinajstić information content (AvgIpc) is 2.83. The fourth-order valence-electron chi connectivity index (χ4n) is 3.03. The van der Waals surface area contributed by atoms with Crippen molar-refractivity contribution in [1.29, 1.82) is 0 Å². The van der Waals surface area contributed by atoms with E-state index in [0.29, 0.717) is 11.3 Å². The van der Waals surface area contributed by atoms with Gasteiger partial charge in [-0.1, -0.05) is 12.1 Å². The van der Waals surface area contributed by atoms with Gasteiger partial charge >= 0.3 is 5.97 Å². The SMILES string of the molecule is CSCCC(NC(=O)C(N)CO)C(=O)NC(CCC(N)=O)C(=O)NC(Cc1ccc(O)cc1)C(=O)O. The maximum atomic E-state index is 12.9. The molecule has 0 spiro atoms. The Labute approximate surface area is 212 Å². The van der Waals surface area contributed by atoms with Crippen LogP contribution in [0, 0.1) is 0 Å². The summed E-state index contributed by atoms with van der Waals surface area (Å²) in [6.45, 7) is -0.635. The van der Waals surface area contributed by atoms with Crippen molar-refractivity contribution >= 4 is 41.4 Å². The van der Waals surface area contributed by atoms with E-state index in [0.717, 1.165) is 0 Å². The summed E-state index contributed by atoms with van der Waals surface area (Å²) < 4.78 is 0. The average molecular weight is 528 g/mol. The Kier molecular flexibility index (Phi) is 13.3. The van der Waals surface area contributed by atoms with Crippen LogP contribution in [0.15, 0.2) is 24.3 Å². The van der Waals surface area contributed by atoms with Crippen molar-refractivity contribution in [2.45, 2.75) is 49.9 Å². The van der Waals surface area contributed by atoms with Gasteiger partial charge in [0.25, 0.3) is 0 Å². The van der Waals surface area contributed by atoms with Crippen molar-refractivity contribution in [2.75, 3.05) is 18.6 Å². The molecule has 0 aromatic heterocycles. The summed E-state index contributed by atoms with van der Waals surface area (Å²) in [6.07, 6.45) is 1.38. The third-order valence-electron chi connectivity index (χ3n) is 5.08. The third-order valence-corrected chi connectivity index (χ3v) is 5.72. The number of carboxylic acids is 1. The molecule has 0 aliphatic heterocycles. The highest BCUT2D eigenvalue weighted by Crippen LogP contribution is 2.12. The van der Waals surface area contributed by atoms with Crippen molar-refractivity contribution in [3.8, 4) is 5.75 Å². The number of thioether (sulfide) groups is 1. The molecule has 0 saturated carbocycles. The number of primary amides is 1. The van der Waals surface area contributed by atoms with E-state index in [1.165, 1.54) is 36.0 Å². The van der Waals surface area contributed by atoms with Crippen LogP contribution in [0.3, 0.4) is 0 Å². The Bertz CT molecular complexity index is 914. The molecular formula is C22H33N5O8S. The number of carbonyl (C=O) groups is 5.